The smallest absolute Gasteiger partial charge is 0.317 e. The van der Waals surface area contributed by atoms with E-state index in [4.69, 9.17) is 0 Å². The first-order valence-corrected chi connectivity index (χ1v) is 8.10. The summed E-state index contributed by atoms with van der Waals surface area (Å²) in [6.45, 7) is 5.18. The van der Waals surface area contributed by atoms with E-state index in [1.807, 2.05) is 0 Å². The third kappa shape index (κ3) is 5.56. The van der Waals surface area contributed by atoms with Crippen molar-refractivity contribution in [1.82, 2.24) is 10.2 Å². The standard InChI is InChI=1S/C16H30N2O3/c1-13(2)8-11-18(3)15(21)17-12-16(14(19)20)9-6-4-5-7-10-16/h13H,4-12H2,1-3H3,(H,17,21)(H,19,20). The highest BCUT2D eigenvalue weighted by atomic mass is 16.4. The molecule has 0 aromatic heterocycles. The van der Waals surface area contributed by atoms with Crippen molar-refractivity contribution in [2.75, 3.05) is 20.1 Å². The van der Waals surface area contributed by atoms with Gasteiger partial charge in [0.25, 0.3) is 0 Å². The number of rotatable bonds is 6. The van der Waals surface area contributed by atoms with E-state index in [0.717, 1.165) is 32.1 Å². The first-order chi connectivity index (χ1) is 9.87. The molecule has 1 fully saturated rings. The summed E-state index contributed by atoms with van der Waals surface area (Å²) in [6, 6.07) is -0.166. The Morgan fingerprint density at radius 2 is 1.76 bits per heavy atom. The second-order valence-electron chi connectivity index (χ2n) is 6.76. The van der Waals surface area contributed by atoms with Gasteiger partial charge in [0.15, 0.2) is 0 Å². The predicted octanol–water partition coefficient (Wildman–Crippen LogP) is 3.10. The van der Waals surface area contributed by atoms with Crippen molar-refractivity contribution in [3.8, 4) is 0 Å². The summed E-state index contributed by atoms with van der Waals surface area (Å²) in [7, 11) is 1.76. The maximum absolute atomic E-state index is 12.1. The second kappa shape index (κ2) is 8.25. The average molecular weight is 298 g/mol. The van der Waals surface area contributed by atoms with E-state index in [1.54, 1.807) is 11.9 Å². The van der Waals surface area contributed by atoms with Crippen molar-refractivity contribution in [3.63, 3.8) is 0 Å². The first-order valence-electron chi connectivity index (χ1n) is 8.10. The van der Waals surface area contributed by atoms with Crippen molar-refractivity contribution < 1.29 is 14.7 Å². The molecule has 21 heavy (non-hydrogen) atoms. The summed E-state index contributed by atoms with van der Waals surface area (Å²) < 4.78 is 0. The molecule has 0 radical (unpaired) electrons. The number of nitrogens with one attached hydrogen (secondary N) is 1. The fourth-order valence-corrected chi connectivity index (χ4v) is 2.80. The zero-order chi connectivity index (χ0) is 15.9. The van der Waals surface area contributed by atoms with E-state index in [1.165, 1.54) is 0 Å². The lowest BCUT2D eigenvalue weighted by atomic mass is 9.80. The van der Waals surface area contributed by atoms with Gasteiger partial charge in [-0.2, -0.15) is 0 Å². The van der Waals surface area contributed by atoms with Gasteiger partial charge in [-0.25, -0.2) is 4.79 Å². The summed E-state index contributed by atoms with van der Waals surface area (Å²) in [5.74, 6) is -0.220. The summed E-state index contributed by atoms with van der Waals surface area (Å²) in [5.41, 5.74) is -0.773. The van der Waals surface area contributed by atoms with Crippen LogP contribution in [0.2, 0.25) is 0 Å². The van der Waals surface area contributed by atoms with E-state index in [-0.39, 0.29) is 12.6 Å². The van der Waals surface area contributed by atoms with Crippen LogP contribution in [0.4, 0.5) is 4.79 Å². The van der Waals surface area contributed by atoms with Crippen LogP contribution in [0.3, 0.4) is 0 Å². The molecular formula is C16H30N2O3. The number of urea groups is 1. The molecule has 1 rings (SSSR count). The molecule has 0 atom stereocenters. The quantitative estimate of drug-likeness (QED) is 0.740. The SMILES string of the molecule is CC(C)CCN(C)C(=O)NCC1(C(=O)O)CCCCCC1. The molecule has 0 aromatic rings. The van der Waals surface area contributed by atoms with E-state index < -0.39 is 11.4 Å². The predicted molar refractivity (Wildman–Crippen MR) is 83.3 cm³/mol. The van der Waals surface area contributed by atoms with Crippen molar-refractivity contribution in [3.05, 3.63) is 0 Å². The summed E-state index contributed by atoms with van der Waals surface area (Å²) in [6.07, 6.45) is 6.34. The van der Waals surface area contributed by atoms with Crippen molar-refractivity contribution in [1.29, 1.82) is 0 Å². The summed E-state index contributed by atoms with van der Waals surface area (Å²) >= 11 is 0. The number of carbonyl (C=O) groups excluding carboxylic acids is 1. The number of amides is 2. The van der Waals surface area contributed by atoms with E-state index in [0.29, 0.717) is 25.3 Å². The van der Waals surface area contributed by atoms with E-state index in [9.17, 15) is 14.7 Å². The molecular weight excluding hydrogens is 268 g/mol. The lowest BCUT2D eigenvalue weighted by molar-refractivity contribution is -0.149. The molecule has 0 bridgehead atoms. The first kappa shape index (κ1) is 17.8. The minimum atomic E-state index is -0.773. The molecule has 2 amide bonds. The van der Waals surface area contributed by atoms with Crippen molar-refractivity contribution in [2.24, 2.45) is 11.3 Å². The van der Waals surface area contributed by atoms with Crippen LogP contribution < -0.4 is 5.32 Å². The number of aliphatic carboxylic acids is 1. The van der Waals surface area contributed by atoms with E-state index in [2.05, 4.69) is 19.2 Å². The number of carboxylic acids is 1. The topological polar surface area (TPSA) is 69.6 Å². The highest BCUT2D eigenvalue weighted by molar-refractivity contribution is 5.78. The second-order valence-corrected chi connectivity index (χ2v) is 6.76. The number of carbonyl (C=O) groups is 2. The minimum Gasteiger partial charge on any atom is -0.481 e. The Morgan fingerprint density at radius 1 is 1.19 bits per heavy atom. The van der Waals surface area contributed by atoms with Gasteiger partial charge >= 0.3 is 12.0 Å². The van der Waals surface area contributed by atoms with E-state index >= 15 is 0 Å². The zero-order valence-corrected chi connectivity index (χ0v) is 13.7. The van der Waals surface area contributed by atoms with Gasteiger partial charge in [-0.3, -0.25) is 4.79 Å². The molecule has 5 nitrogen and oxygen atoms in total. The molecule has 1 saturated carbocycles. The number of nitrogens with zero attached hydrogens (tertiary/aromatic N) is 1. The maximum Gasteiger partial charge on any atom is 0.317 e. The van der Waals surface area contributed by atoms with Crippen LogP contribution in [0.1, 0.15) is 58.8 Å². The van der Waals surface area contributed by atoms with Crippen molar-refractivity contribution in [2.45, 2.75) is 58.8 Å². The summed E-state index contributed by atoms with van der Waals surface area (Å²) in [4.78, 5) is 25.4. The van der Waals surface area contributed by atoms with Crippen LogP contribution in [0.15, 0.2) is 0 Å². The molecule has 0 heterocycles. The Morgan fingerprint density at radius 3 is 2.24 bits per heavy atom. The van der Waals surface area contributed by atoms with Gasteiger partial charge in [0, 0.05) is 20.1 Å². The van der Waals surface area contributed by atoms with Crippen LogP contribution >= 0.6 is 0 Å². The zero-order valence-electron chi connectivity index (χ0n) is 13.7. The molecule has 0 spiro atoms. The molecule has 1 aliphatic rings. The third-order valence-corrected chi connectivity index (χ3v) is 4.48. The normalized spacial score (nSPS) is 18.1. The van der Waals surface area contributed by atoms with Gasteiger partial charge in [-0.1, -0.05) is 39.5 Å². The minimum absolute atomic E-state index is 0.166. The van der Waals surface area contributed by atoms with Crippen LogP contribution in [0.25, 0.3) is 0 Å². The Hall–Kier alpha value is -1.26. The molecule has 122 valence electrons. The Balaban J connectivity index is 2.52. The van der Waals surface area contributed by atoms with Gasteiger partial charge in [-0.15, -0.1) is 0 Å². The fourth-order valence-electron chi connectivity index (χ4n) is 2.80. The van der Waals surface area contributed by atoms with Crippen LogP contribution in [-0.4, -0.2) is 42.1 Å². The van der Waals surface area contributed by atoms with Gasteiger partial charge in [0.2, 0.25) is 0 Å². The molecule has 5 heteroatoms. The van der Waals surface area contributed by atoms with Gasteiger partial charge in [0.1, 0.15) is 0 Å². The Labute approximate surface area is 128 Å². The average Bonchev–Trinajstić information content (AvgIpc) is 2.68. The molecule has 0 aromatic carbocycles. The molecule has 0 saturated heterocycles. The Kier molecular flexibility index (Phi) is 6.99. The number of hydrogen-bond acceptors (Lipinski definition) is 2. The highest BCUT2D eigenvalue weighted by Crippen LogP contribution is 2.34. The number of carboxylic acid groups (broad SMARTS) is 1. The maximum atomic E-state index is 12.1. The van der Waals surface area contributed by atoms with Crippen LogP contribution in [0.5, 0.6) is 0 Å². The number of hydrogen-bond donors (Lipinski definition) is 2. The third-order valence-electron chi connectivity index (χ3n) is 4.48. The van der Waals surface area contributed by atoms with Crippen LogP contribution in [-0.2, 0) is 4.79 Å². The van der Waals surface area contributed by atoms with Crippen LogP contribution in [0, 0.1) is 11.3 Å². The molecule has 2 N–H and O–H groups in total. The van der Waals surface area contributed by atoms with Gasteiger partial charge < -0.3 is 15.3 Å². The lowest BCUT2D eigenvalue weighted by Gasteiger charge is -2.29. The Bertz CT molecular complexity index is 347. The van der Waals surface area contributed by atoms with Crippen molar-refractivity contribution >= 4 is 12.0 Å². The molecule has 0 aliphatic heterocycles. The highest BCUT2D eigenvalue weighted by Gasteiger charge is 2.39. The fraction of sp³-hybridized carbons (Fsp3) is 0.875. The molecule has 0 unspecified atom stereocenters. The summed E-state index contributed by atoms with van der Waals surface area (Å²) in [5, 5.41) is 12.4. The largest absolute Gasteiger partial charge is 0.481 e. The van der Waals surface area contributed by atoms with Gasteiger partial charge in [0.05, 0.1) is 5.41 Å². The monoisotopic (exact) mass is 298 g/mol. The van der Waals surface area contributed by atoms with Gasteiger partial charge in [-0.05, 0) is 25.2 Å². The lowest BCUT2D eigenvalue weighted by Crippen LogP contribution is -2.46. The molecule has 1 aliphatic carbocycles.